The zero-order valence-corrected chi connectivity index (χ0v) is 11.3. The molecule has 0 radical (unpaired) electrons. The fraction of sp³-hybridized carbons (Fsp3) is 0.385. The molecule has 6 heteroatoms. The smallest absolute Gasteiger partial charge is 0.113 e. The first-order chi connectivity index (χ1) is 9.04. The van der Waals surface area contributed by atoms with Gasteiger partial charge >= 0.3 is 0 Å². The van der Waals surface area contributed by atoms with Gasteiger partial charge in [0.1, 0.15) is 11.2 Å². The van der Waals surface area contributed by atoms with Gasteiger partial charge in [-0.05, 0) is 32.9 Å². The van der Waals surface area contributed by atoms with Crippen molar-refractivity contribution in [1.82, 2.24) is 30.0 Å². The van der Waals surface area contributed by atoms with E-state index in [1.54, 1.807) is 0 Å². The monoisotopic (exact) mass is 256 g/mol. The second-order valence-electron chi connectivity index (χ2n) is 5.56. The third-order valence-electron chi connectivity index (χ3n) is 2.96. The molecule has 0 saturated carbocycles. The molecule has 0 N–H and O–H groups in total. The van der Waals surface area contributed by atoms with E-state index in [2.05, 4.69) is 41.4 Å². The largest absolute Gasteiger partial charge is 0.247 e. The van der Waals surface area contributed by atoms with Crippen LogP contribution in [-0.4, -0.2) is 30.0 Å². The van der Waals surface area contributed by atoms with Gasteiger partial charge in [0.05, 0.1) is 23.8 Å². The molecule has 3 rings (SSSR count). The molecule has 2 heterocycles. The SMILES string of the molecule is CC(C)(C)n1cc(Cn2nnc3ccccc32)nn1. The second-order valence-corrected chi connectivity index (χ2v) is 5.56. The molecule has 6 nitrogen and oxygen atoms in total. The Morgan fingerprint density at radius 1 is 1.05 bits per heavy atom. The standard InChI is InChI=1S/C13H16N6/c1-13(2,3)19-9-10(14-17-19)8-18-12-7-5-4-6-11(12)15-16-18/h4-7,9H,8H2,1-3H3. The minimum atomic E-state index is -0.0598. The van der Waals surface area contributed by atoms with E-state index < -0.39 is 0 Å². The number of fused-ring (bicyclic) bond motifs is 1. The number of para-hydroxylation sites is 1. The maximum atomic E-state index is 4.19. The van der Waals surface area contributed by atoms with Crippen LogP contribution in [0.2, 0.25) is 0 Å². The highest BCUT2D eigenvalue weighted by Gasteiger charge is 2.15. The summed E-state index contributed by atoms with van der Waals surface area (Å²) >= 11 is 0. The molecule has 0 aliphatic heterocycles. The Balaban J connectivity index is 1.91. The Morgan fingerprint density at radius 3 is 2.58 bits per heavy atom. The zero-order valence-electron chi connectivity index (χ0n) is 11.3. The summed E-state index contributed by atoms with van der Waals surface area (Å²) in [5.41, 5.74) is 2.72. The second kappa shape index (κ2) is 4.15. The number of nitrogens with zero attached hydrogens (tertiary/aromatic N) is 6. The number of aromatic nitrogens is 6. The predicted octanol–water partition coefficient (Wildman–Crippen LogP) is 1.83. The van der Waals surface area contributed by atoms with Crippen molar-refractivity contribution < 1.29 is 0 Å². The summed E-state index contributed by atoms with van der Waals surface area (Å²) < 4.78 is 3.70. The molecule has 0 aliphatic rings. The van der Waals surface area contributed by atoms with Crippen LogP contribution in [0.3, 0.4) is 0 Å². The maximum absolute atomic E-state index is 4.19. The summed E-state index contributed by atoms with van der Waals surface area (Å²) in [5.74, 6) is 0. The van der Waals surface area contributed by atoms with Crippen molar-refractivity contribution in [2.45, 2.75) is 32.9 Å². The lowest BCUT2D eigenvalue weighted by Gasteiger charge is -2.17. The van der Waals surface area contributed by atoms with Crippen LogP contribution < -0.4 is 0 Å². The summed E-state index contributed by atoms with van der Waals surface area (Å²) in [4.78, 5) is 0. The Bertz CT molecular complexity index is 703. The highest BCUT2D eigenvalue weighted by atomic mass is 15.5. The molecule has 0 bridgehead atoms. The first-order valence-corrected chi connectivity index (χ1v) is 6.24. The molecule has 0 unspecified atom stereocenters. The van der Waals surface area contributed by atoms with E-state index in [1.807, 2.05) is 39.8 Å². The molecule has 0 atom stereocenters. The molecule has 3 aromatic rings. The minimum absolute atomic E-state index is 0.0598. The van der Waals surface area contributed by atoms with Gasteiger partial charge in [-0.3, -0.25) is 0 Å². The summed E-state index contributed by atoms with van der Waals surface area (Å²) in [7, 11) is 0. The molecule has 19 heavy (non-hydrogen) atoms. The summed E-state index contributed by atoms with van der Waals surface area (Å²) in [5, 5.41) is 16.6. The van der Waals surface area contributed by atoms with Gasteiger partial charge in [0.2, 0.25) is 0 Å². The molecule has 1 aromatic carbocycles. The number of hydrogen-bond acceptors (Lipinski definition) is 4. The summed E-state index contributed by atoms with van der Waals surface area (Å²) in [6.45, 7) is 6.86. The van der Waals surface area contributed by atoms with Crippen LogP contribution in [0.4, 0.5) is 0 Å². The predicted molar refractivity (Wildman–Crippen MR) is 71.6 cm³/mol. The zero-order chi connectivity index (χ0) is 13.5. The van der Waals surface area contributed by atoms with E-state index in [0.29, 0.717) is 6.54 Å². The lowest BCUT2D eigenvalue weighted by atomic mass is 10.1. The third-order valence-corrected chi connectivity index (χ3v) is 2.96. The topological polar surface area (TPSA) is 61.4 Å². The quantitative estimate of drug-likeness (QED) is 0.701. The molecular formula is C13H16N6. The van der Waals surface area contributed by atoms with Crippen molar-refractivity contribution in [3.63, 3.8) is 0 Å². The molecule has 0 saturated heterocycles. The van der Waals surface area contributed by atoms with Gasteiger partial charge in [0.15, 0.2) is 0 Å². The fourth-order valence-electron chi connectivity index (χ4n) is 1.89. The molecule has 0 aliphatic carbocycles. The van der Waals surface area contributed by atoms with Crippen LogP contribution in [0.25, 0.3) is 11.0 Å². The van der Waals surface area contributed by atoms with E-state index in [9.17, 15) is 0 Å². The molecule has 0 spiro atoms. The van der Waals surface area contributed by atoms with Gasteiger partial charge in [0, 0.05) is 0 Å². The Morgan fingerprint density at radius 2 is 1.84 bits per heavy atom. The van der Waals surface area contributed by atoms with Crippen molar-refractivity contribution in [3.8, 4) is 0 Å². The van der Waals surface area contributed by atoms with E-state index in [1.165, 1.54) is 0 Å². The van der Waals surface area contributed by atoms with Gasteiger partial charge in [0.25, 0.3) is 0 Å². The van der Waals surface area contributed by atoms with Gasteiger partial charge < -0.3 is 0 Å². The Kier molecular flexibility index (Phi) is 2.58. The summed E-state index contributed by atoms with van der Waals surface area (Å²) in [6.07, 6.45) is 1.95. The van der Waals surface area contributed by atoms with E-state index in [4.69, 9.17) is 0 Å². The van der Waals surface area contributed by atoms with E-state index in [0.717, 1.165) is 16.7 Å². The first-order valence-electron chi connectivity index (χ1n) is 6.24. The van der Waals surface area contributed by atoms with Crippen molar-refractivity contribution in [2.75, 3.05) is 0 Å². The molecule has 0 fully saturated rings. The summed E-state index contributed by atoms with van der Waals surface area (Å²) in [6, 6.07) is 7.89. The van der Waals surface area contributed by atoms with Crippen LogP contribution in [0.1, 0.15) is 26.5 Å². The van der Waals surface area contributed by atoms with Crippen molar-refractivity contribution in [3.05, 3.63) is 36.2 Å². The van der Waals surface area contributed by atoms with Crippen molar-refractivity contribution >= 4 is 11.0 Å². The molecule has 98 valence electrons. The Labute approximate surface area is 111 Å². The highest BCUT2D eigenvalue weighted by molar-refractivity contribution is 5.73. The van der Waals surface area contributed by atoms with Crippen LogP contribution in [-0.2, 0) is 12.1 Å². The number of hydrogen-bond donors (Lipinski definition) is 0. The maximum Gasteiger partial charge on any atom is 0.113 e. The number of rotatable bonds is 2. The van der Waals surface area contributed by atoms with Crippen LogP contribution >= 0.6 is 0 Å². The third kappa shape index (κ3) is 2.21. The Hall–Kier alpha value is -2.24. The van der Waals surface area contributed by atoms with E-state index >= 15 is 0 Å². The lowest BCUT2D eigenvalue weighted by molar-refractivity contribution is 0.347. The van der Waals surface area contributed by atoms with E-state index in [-0.39, 0.29) is 5.54 Å². The number of benzene rings is 1. The minimum Gasteiger partial charge on any atom is -0.247 e. The van der Waals surface area contributed by atoms with Crippen molar-refractivity contribution in [2.24, 2.45) is 0 Å². The van der Waals surface area contributed by atoms with Gasteiger partial charge in [-0.15, -0.1) is 10.2 Å². The van der Waals surface area contributed by atoms with Crippen LogP contribution in [0, 0.1) is 0 Å². The lowest BCUT2D eigenvalue weighted by Crippen LogP contribution is -2.22. The molecular weight excluding hydrogens is 240 g/mol. The average Bonchev–Trinajstić information content (AvgIpc) is 2.97. The van der Waals surface area contributed by atoms with Crippen LogP contribution in [0.5, 0.6) is 0 Å². The van der Waals surface area contributed by atoms with Crippen LogP contribution in [0.15, 0.2) is 30.5 Å². The normalized spacial score (nSPS) is 12.2. The highest BCUT2D eigenvalue weighted by Crippen LogP contribution is 2.14. The first kappa shape index (κ1) is 11.8. The van der Waals surface area contributed by atoms with Crippen molar-refractivity contribution in [1.29, 1.82) is 0 Å². The fourth-order valence-corrected chi connectivity index (χ4v) is 1.89. The molecule has 2 aromatic heterocycles. The average molecular weight is 256 g/mol. The molecule has 0 amide bonds. The van der Waals surface area contributed by atoms with Gasteiger partial charge in [-0.1, -0.05) is 22.6 Å². The van der Waals surface area contributed by atoms with Gasteiger partial charge in [-0.2, -0.15) is 0 Å². The van der Waals surface area contributed by atoms with Gasteiger partial charge in [-0.25, -0.2) is 9.36 Å².